The molecule has 1 aromatic heterocycles. The van der Waals surface area contributed by atoms with Crippen LogP contribution in [0.4, 0.5) is 23.2 Å². The normalized spacial score (nSPS) is 15.2. The Morgan fingerprint density at radius 1 is 1.09 bits per heavy atom. The molecule has 1 saturated heterocycles. The van der Waals surface area contributed by atoms with Crippen molar-refractivity contribution >= 4 is 16.6 Å². The van der Waals surface area contributed by atoms with Crippen LogP contribution in [0.15, 0.2) is 47.4 Å². The van der Waals surface area contributed by atoms with Crippen molar-refractivity contribution in [2.24, 2.45) is 0 Å². The zero-order valence-corrected chi connectivity index (χ0v) is 17.3. The molecule has 0 atom stereocenters. The molecule has 1 fully saturated rings. The number of alkyl halides is 3. The lowest BCUT2D eigenvalue weighted by molar-refractivity contribution is -0.137. The Hall–Kier alpha value is -3.38. The molecular weight excluding hydrogens is 424 g/mol. The maximum atomic E-state index is 14.9. The van der Waals surface area contributed by atoms with Crippen LogP contribution in [-0.2, 0) is 12.7 Å². The highest BCUT2D eigenvalue weighted by Gasteiger charge is 2.30. The van der Waals surface area contributed by atoms with E-state index in [0.717, 1.165) is 31.3 Å². The molecule has 1 aliphatic heterocycles. The number of aromatic nitrogens is 1. The number of hydrogen-bond acceptors (Lipinski definition) is 4. The summed E-state index contributed by atoms with van der Waals surface area (Å²) in [6.07, 6.45) is -3.17. The Bertz CT molecular complexity index is 1270. The highest BCUT2D eigenvalue weighted by atomic mass is 19.4. The van der Waals surface area contributed by atoms with Gasteiger partial charge in [-0.25, -0.2) is 4.39 Å². The van der Waals surface area contributed by atoms with E-state index < -0.39 is 23.0 Å². The maximum absolute atomic E-state index is 14.9. The van der Waals surface area contributed by atoms with Crippen LogP contribution in [-0.4, -0.2) is 42.7 Å². The SMILES string of the molecule is CN1CCN(c2cc3c(cc2F)c(=O)c(C#N)cn3Cc2cccc(C(F)(F)F)c2)CC1. The van der Waals surface area contributed by atoms with Crippen LogP contribution in [0, 0.1) is 17.1 Å². The van der Waals surface area contributed by atoms with E-state index in [1.807, 2.05) is 11.9 Å². The molecule has 0 spiro atoms. The summed E-state index contributed by atoms with van der Waals surface area (Å²) in [5, 5.41) is 9.37. The predicted octanol–water partition coefficient (Wildman–Crippen LogP) is 3.83. The number of likely N-dealkylation sites (N-methyl/N-ethyl adjacent to an activating group) is 1. The highest BCUT2D eigenvalue weighted by molar-refractivity contribution is 5.84. The molecule has 0 bridgehead atoms. The van der Waals surface area contributed by atoms with Crippen molar-refractivity contribution in [1.82, 2.24) is 9.47 Å². The number of nitrogens with zero attached hydrogens (tertiary/aromatic N) is 4. The molecule has 0 N–H and O–H groups in total. The van der Waals surface area contributed by atoms with Crippen LogP contribution in [0.1, 0.15) is 16.7 Å². The molecule has 0 aliphatic carbocycles. The monoisotopic (exact) mass is 444 g/mol. The molecule has 5 nitrogen and oxygen atoms in total. The first kappa shape index (κ1) is 21.8. The molecule has 4 rings (SSSR count). The van der Waals surface area contributed by atoms with Gasteiger partial charge in [0.2, 0.25) is 5.43 Å². The van der Waals surface area contributed by atoms with Gasteiger partial charge in [0.1, 0.15) is 17.4 Å². The minimum Gasteiger partial charge on any atom is -0.367 e. The van der Waals surface area contributed by atoms with Crippen molar-refractivity contribution in [3.63, 3.8) is 0 Å². The Morgan fingerprint density at radius 3 is 2.47 bits per heavy atom. The fourth-order valence-electron chi connectivity index (χ4n) is 3.94. The fraction of sp³-hybridized carbons (Fsp3) is 0.304. The quantitative estimate of drug-likeness (QED) is 0.577. The Labute approximate surface area is 181 Å². The van der Waals surface area contributed by atoms with Crippen LogP contribution >= 0.6 is 0 Å². The van der Waals surface area contributed by atoms with E-state index in [1.165, 1.54) is 22.9 Å². The maximum Gasteiger partial charge on any atom is 0.416 e. The van der Waals surface area contributed by atoms with Crippen molar-refractivity contribution < 1.29 is 17.6 Å². The number of anilines is 1. The predicted molar refractivity (Wildman–Crippen MR) is 113 cm³/mol. The number of piperazine rings is 1. The van der Waals surface area contributed by atoms with Gasteiger partial charge in [0.25, 0.3) is 0 Å². The molecule has 166 valence electrons. The first-order chi connectivity index (χ1) is 15.2. The molecule has 32 heavy (non-hydrogen) atoms. The zero-order valence-electron chi connectivity index (χ0n) is 17.3. The van der Waals surface area contributed by atoms with E-state index in [4.69, 9.17) is 0 Å². The van der Waals surface area contributed by atoms with E-state index in [2.05, 4.69) is 4.90 Å². The summed E-state index contributed by atoms with van der Waals surface area (Å²) in [5.74, 6) is -0.570. The van der Waals surface area contributed by atoms with E-state index in [9.17, 15) is 27.6 Å². The molecule has 0 radical (unpaired) electrons. The van der Waals surface area contributed by atoms with Crippen molar-refractivity contribution in [3.8, 4) is 6.07 Å². The lowest BCUT2D eigenvalue weighted by Crippen LogP contribution is -2.44. The van der Waals surface area contributed by atoms with Crippen molar-refractivity contribution in [3.05, 3.63) is 75.3 Å². The summed E-state index contributed by atoms with van der Waals surface area (Å²) in [6.45, 7) is 2.70. The van der Waals surface area contributed by atoms with Gasteiger partial charge >= 0.3 is 6.18 Å². The third-order valence-corrected chi connectivity index (χ3v) is 5.72. The van der Waals surface area contributed by atoms with Crippen LogP contribution in [0.25, 0.3) is 10.9 Å². The van der Waals surface area contributed by atoms with Crippen LogP contribution in [0.3, 0.4) is 0 Å². The largest absolute Gasteiger partial charge is 0.416 e. The molecule has 2 heterocycles. The number of pyridine rings is 1. The summed E-state index contributed by atoms with van der Waals surface area (Å²) in [7, 11) is 1.98. The molecule has 0 amide bonds. The van der Waals surface area contributed by atoms with E-state index in [0.29, 0.717) is 29.9 Å². The molecule has 0 saturated carbocycles. The minimum absolute atomic E-state index is 0.0107. The average molecular weight is 444 g/mol. The van der Waals surface area contributed by atoms with Crippen molar-refractivity contribution in [2.75, 3.05) is 38.1 Å². The fourth-order valence-corrected chi connectivity index (χ4v) is 3.94. The zero-order chi connectivity index (χ0) is 23.0. The van der Waals surface area contributed by atoms with Gasteiger partial charge in [-0.1, -0.05) is 12.1 Å². The van der Waals surface area contributed by atoms with Gasteiger partial charge in [-0.05, 0) is 36.9 Å². The number of fused-ring (bicyclic) bond motifs is 1. The van der Waals surface area contributed by atoms with Crippen LogP contribution in [0.5, 0.6) is 0 Å². The van der Waals surface area contributed by atoms with Gasteiger partial charge in [-0.15, -0.1) is 0 Å². The molecule has 0 unspecified atom stereocenters. The Balaban J connectivity index is 1.84. The summed E-state index contributed by atoms with van der Waals surface area (Å²) < 4.78 is 55.8. The molecule has 1 aliphatic rings. The van der Waals surface area contributed by atoms with Crippen LogP contribution < -0.4 is 10.3 Å². The number of benzene rings is 2. The number of nitriles is 1. The third kappa shape index (κ3) is 4.18. The highest BCUT2D eigenvalue weighted by Crippen LogP contribution is 2.30. The second-order valence-electron chi connectivity index (χ2n) is 7.92. The average Bonchev–Trinajstić information content (AvgIpc) is 2.76. The Morgan fingerprint density at radius 2 is 1.81 bits per heavy atom. The summed E-state index contributed by atoms with van der Waals surface area (Å²) in [4.78, 5) is 16.7. The van der Waals surface area contributed by atoms with Gasteiger partial charge in [0, 0.05) is 38.9 Å². The van der Waals surface area contributed by atoms with Crippen molar-refractivity contribution in [1.29, 1.82) is 5.26 Å². The lowest BCUT2D eigenvalue weighted by atomic mass is 10.1. The van der Waals surface area contributed by atoms with Gasteiger partial charge in [0.15, 0.2) is 0 Å². The van der Waals surface area contributed by atoms with Crippen LogP contribution in [0.2, 0.25) is 0 Å². The van der Waals surface area contributed by atoms with Crippen molar-refractivity contribution in [2.45, 2.75) is 12.7 Å². The third-order valence-electron chi connectivity index (χ3n) is 5.72. The first-order valence-corrected chi connectivity index (χ1v) is 10.0. The first-order valence-electron chi connectivity index (χ1n) is 10.0. The van der Waals surface area contributed by atoms with E-state index >= 15 is 0 Å². The van der Waals surface area contributed by atoms with Gasteiger partial charge in [-0.2, -0.15) is 18.4 Å². The number of halogens is 4. The molecule has 9 heteroatoms. The lowest BCUT2D eigenvalue weighted by Gasteiger charge is -2.34. The molecule has 3 aromatic rings. The summed E-state index contributed by atoms with van der Waals surface area (Å²) >= 11 is 0. The summed E-state index contributed by atoms with van der Waals surface area (Å²) in [5.41, 5.74) is -0.554. The second kappa shape index (κ2) is 8.28. The molecule has 2 aromatic carbocycles. The molecular formula is C23H20F4N4O. The van der Waals surface area contributed by atoms with E-state index in [1.54, 1.807) is 12.1 Å². The second-order valence-corrected chi connectivity index (χ2v) is 7.92. The van der Waals surface area contributed by atoms with Gasteiger partial charge in [0.05, 0.1) is 22.2 Å². The summed E-state index contributed by atoms with van der Waals surface area (Å²) in [6, 6.07) is 9.32. The smallest absolute Gasteiger partial charge is 0.367 e. The van der Waals surface area contributed by atoms with Gasteiger partial charge < -0.3 is 14.4 Å². The van der Waals surface area contributed by atoms with Gasteiger partial charge in [-0.3, -0.25) is 4.79 Å². The van der Waals surface area contributed by atoms with E-state index in [-0.39, 0.29) is 17.5 Å². The number of hydrogen-bond donors (Lipinski definition) is 0. The minimum atomic E-state index is -4.49. The topological polar surface area (TPSA) is 52.3 Å². The standard InChI is InChI=1S/C23H20F4N4O/c1-29-5-7-30(8-6-29)21-11-20-18(10-19(21)24)22(32)16(12-28)14-31(20)13-15-3-2-4-17(9-15)23(25,26)27/h2-4,9-11,14H,5-8,13H2,1H3. The Kier molecular flexibility index (Phi) is 5.65. The number of rotatable bonds is 3.